The summed E-state index contributed by atoms with van der Waals surface area (Å²) in [5, 5.41) is 0. The van der Waals surface area contributed by atoms with E-state index in [-0.39, 0.29) is 39.0 Å². The van der Waals surface area contributed by atoms with Crippen LogP contribution in [0, 0.1) is 29.1 Å². The van der Waals surface area contributed by atoms with E-state index in [1.165, 1.54) is 70.6 Å². The standard InChI is InChI=1S/C49H83F5O16/c1-2-3-4-5-6-7-8-9-10-11-12-13-14-15-42(55)69-41-40-68-39-38-67-37-36-66-35-34-65-33-32-64-31-30-63-29-28-62-27-26-61-25-24-60-23-22-59-21-20-58-19-18-57-17-16-43(56)70-49-47(53)45(51)44(50)46(52)48(49)54/h2-41H2,1H3. The lowest BCUT2D eigenvalue weighted by Crippen LogP contribution is -2.16. The van der Waals surface area contributed by atoms with Crippen LogP contribution in [0.4, 0.5) is 22.0 Å². The molecule has 0 spiro atoms. The SMILES string of the molecule is CCCCCCCCCCCCCCCC(=O)OCCOCCOCCOCCOCCOCCOCCOCCOCCOCCOCCOCCOCCC(=O)Oc1c(F)c(F)c(F)c(F)c1F. The smallest absolute Gasteiger partial charge is 0.313 e. The number of carbonyl (C=O) groups is 2. The number of hydrogen-bond donors (Lipinski definition) is 0. The monoisotopic (exact) mass is 1020 g/mol. The maximum absolute atomic E-state index is 13.6. The number of rotatable bonds is 54. The van der Waals surface area contributed by atoms with Crippen LogP contribution >= 0.6 is 0 Å². The summed E-state index contributed by atoms with van der Waals surface area (Å²) in [6, 6.07) is 0. The van der Waals surface area contributed by atoms with Crippen LogP contribution in [-0.4, -0.2) is 177 Å². The molecular formula is C49H83F5O16. The lowest BCUT2D eigenvalue weighted by Gasteiger charge is -2.09. The van der Waals surface area contributed by atoms with Crippen molar-refractivity contribution in [2.24, 2.45) is 0 Å². The minimum Gasteiger partial charge on any atom is -0.463 e. The molecule has 1 rings (SSSR count). The molecule has 16 nitrogen and oxygen atoms in total. The van der Waals surface area contributed by atoms with Crippen LogP contribution in [0.3, 0.4) is 0 Å². The van der Waals surface area contributed by atoms with Crippen molar-refractivity contribution in [3.8, 4) is 5.75 Å². The van der Waals surface area contributed by atoms with Gasteiger partial charge in [-0.15, -0.1) is 0 Å². The van der Waals surface area contributed by atoms with Crippen molar-refractivity contribution < 1.29 is 97.9 Å². The highest BCUT2D eigenvalue weighted by atomic mass is 19.2. The molecule has 0 amide bonds. The summed E-state index contributed by atoms with van der Waals surface area (Å²) >= 11 is 0. The van der Waals surface area contributed by atoms with Gasteiger partial charge in [-0.1, -0.05) is 84.0 Å². The van der Waals surface area contributed by atoms with E-state index in [2.05, 4.69) is 11.7 Å². The van der Waals surface area contributed by atoms with Crippen LogP contribution in [0.5, 0.6) is 5.75 Å². The molecule has 0 radical (unpaired) electrons. The summed E-state index contributed by atoms with van der Waals surface area (Å²) in [4.78, 5) is 23.6. The first-order chi connectivity index (χ1) is 34.3. The van der Waals surface area contributed by atoms with Crippen LogP contribution in [0.1, 0.15) is 103 Å². The van der Waals surface area contributed by atoms with Gasteiger partial charge in [-0.25, -0.2) is 13.2 Å². The molecule has 0 atom stereocenters. The van der Waals surface area contributed by atoms with Crippen molar-refractivity contribution in [2.75, 3.05) is 165 Å². The molecule has 21 heteroatoms. The fourth-order valence-electron chi connectivity index (χ4n) is 6.09. The Hall–Kier alpha value is -2.67. The summed E-state index contributed by atoms with van der Waals surface area (Å²) in [5.41, 5.74) is 0. The normalized spacial score (nSPS) is 11.5. The van der Waals surface area contributed by atoms with Gasteiger partial charge in [0.05, 0.1) is 165 Å². The van der Waals surface area contributed by atoms with Gasteiger partial charge >= 0.3 is 11.9 Å². The van der Waals surface area contributed by atoms with Gasteiger partial charge in [0.2, 0.25) is 34.8 Å². The molecule has 0 aromatic heterocycles. The average Bonchev–Trinajstić information content (AvgIpc) is 3.36. The van der Waals surface area contributed by atoms with E-state index in [0.29, 0.717) is 139 Å². The summed E-state index contributed by atoms with van der Waals surface area (Å²) in [6.45, 7) is 11.2. The van der Waals surface area contributed by atoms with Gasteiger partial charge in [0.1, 0.15) is 6.61 Å². The molecule has 0 heterocycles. The topological polar surface area (TPSA) is 163 Å². The van der Waals surface area contributed by atoms with Gasteiger partial charge in [-0.05, 0) is 6.42 Å². The van der Waals surface area contributed by atoms with Crippen molar-refractivity contribution in [2.45, 2.75) is 103 Å². The van der Waals surface area contributed by atoms with E-state index in [4.69, 9.17) is 61.6 Å². The minimum absolute atomic E-state index is 0.0745. The van der Waals surface area contributed by atoms with Gasteiger partial charge in [-0.2, -0.15) is 8.78 Å². The minimum atomic E-state index is -2.35. The average molecular weight is 1020 g/mol. The number of esters is 2. The third-order valence-electron chi connectivity index (χ3n) is 9.90. The van der Waals surface area contributed by atoms with Crippen molar-refractivity contribution in [3.63, 3.8) is 0 Å². The number of benzene rings is 1. The van der Waals surface area contributed by atoms with Gasteiger partial charge in [0.25, 0.3) is 0 Å². The Morgan fingerprint density at radius 2 is 0.529 bits per heavy atom. The van der Waals surface area contributed by atoms with Gasteiger partial charge < -0.3 is 66.3 Å². The highest BCUT2D eigenvalue weighted by molar-refractivity contribution is 5.72. The number of carbonyl (C=O) groups excluding carboxylic acids is 2. The predicted octanol–water partition coefficient (Wildman–Crippen LogP) is 7.90. The Morgan fingerprint density at radius 1 is 0.286 bits per heavy atom. The Labute approximate surface area is 412 Å². The van der Waals surface area contributed by atoms with Gasteiger partial charge in [0, 0.05) is 6.42 Å². The molecule has 0 aliphatic rings. The van der Waals surface area contributed by atoms with Crippen LogP contribution < -0.4 is 4.74 Å². The van der Waals surface area contributed by atoms with Crippen LogP contribution in [-0.2, 0) is 71.2 Å². The van der Waals surface area contributed by atoms with Crippen molar-refractivity contribution >= 4 is 11.9 Å². The Balaban J connectivity index is 1.68. The van der Waals surface area contributed by atoms with Crippen LogP contribution in [0.2, 0.25) is 0 Å². The fourth-order valence-corrected chi connectivity index (χ4v) is 6.09. The highest BCUT2D eigenvalue weighted by Gasteiger charge is 2.28. The Kier molecular flexibility index (Phi) is 46.6. The molecule has 0 aliphatic heterocycles. The van der Waals surface area contributed by atoms with E-state index < -0.39 is 47.2 Å². The van der Waals surface area contributed by atoms with E-state index in [0.717, 1.165) is 12.8 Å². The molecule has 0 saturated carbocycles. The van der Waals surface area contributed by atoms with Crippen LogP contribution in [0.15, 0.2) is 0 Å². The quantitative estimate of drug-likeness (QED) is 0.0154. The molecule has 0 bridgehead atoms. The molecule has 0 aliphatic carbocycles. The third kappa shape index (κ3) is 39.9. The largest absolute Gasteiger partial charge is 0.463 e. The molecule has 0 fully saturated rings. The summed E-state index contributed by atoms with van der Waals surface area (Å²) in [5.74, 6) is -14.3. The summed E-state index contributed by atoms with van der Waals surface area (Å²) in [7, 11) is 0. The van der Waals surface area contributed by atoms with E-state index in [1.807, 2.05) is 0 Å². The maximum atomic E-state index is 13.6. The van der Waals surface area contributed by atoms with E-state index in [9.17, 15) is 31.5 Å². The zero-order chi connectivity index (χ0) is 50.8. The van der Waals surface area contributed by atoms with E-state index >= 15 is 0 Å². The number of hydrogen-bond acceptors (Lipinski definition) is 16. The van der Waals surface area contributed by atoms with Gasteiger partial charge in [0.15, 0.2) is 0 Å². The zero-order valence-corrected chi connectivity index (χ0v) is 41.7. The third-order valence-corrected chi connectivity index (χ3v) is 9.90. The summed E-state index contributed by atoms with van der Waals surface area (Å²) in [6.07, 6.45) is 16.6. The first-order valence-electron chi connectivity index (χ1n) is 25.1. The maximum Gasteiger partial charge on any atom is 0.313 e. The van der Waals surface area contributed by atoms with Crippen LogP contribution in [0.25, 0.3) is 0 Å². The second-order valence-corrected chi connectivity index (χ2v) is 15.7. The number of ether oxygens (including phenoxy) is 14. The lowest BCUT2D eigenvalue weighted by atomic mass is 10.0. The van der Waals surface area contributed by atoms with E-state index in [1.54, 1.807) is 0 Å². The first-order valence-corrected chi connectivity index (χ1v) is 25.1. The molecule has 1 aromatic carbocycles. The Morgan fingerprint density at radius 3 is 0.829 bits per heavy atom. The fraction of sp³-hybridized carbons (Fsp3) is 0.837. The molecule has 1 aromatic rings. The second-order valence-electron chi connectivity index (χ2n) is 15.7. The molecule has 0 N–H and O–H groups in total. The predicted molar refractivity (Wildman–Crippen MR) is 248 cm³/mol. The molecule has 0 unspecified atom stereocenters. The van der Waals surface area contributed by atoms with Crippen molar-refractivity contribution in [3.05, 3.63) is 29.1 Å². The van der Waals surface area contributed by atoms with Gasteiger partial charge in [-0.3, -0.25) is 9.59 Å². The number of unbranched alkanes of at least 4 members (excludes halogenated alkanes) is 12. The van der Waals surface area contributed by atoms with Crippen molar-refractivity contribution in [1.82, 2.24) is 0 Å². The zero-order valence-electron chi connectivity index (χ0n) is 41.7. The molecular weight excluding hydrogens is 940 g/mol. The number of halogens is 5. The second kappa shape index (κ2) is 49.9. The molecule has 0 saturated heterocycles. The molecule has 70 heavy (non-hydrogen) atoms. The Bertz CT molecular complexity index is 1340. The summed E-state index contributed by atoms with van der Waals surface area (Å²) < 4.78 is 141. The molecule has 410 valence electrons. The van der Waals surface area contributed by atoms with Crippen molar-refractivity contribution in [1.29, 1.82) is 0 Å². The first kappa shape index (κ1) is 65.3. The lowest BCUT2D eigenvalue weighted by molar-refractivity contribution is -0.145. The highest BCUT2D eigenvalue weighted by Crippen LogP contribution is 2.29.